The Hall–Kier alpha value is -1.93. The normalized spacial score (nSPS) is 13.7. The summed E-state index contributed by atoms with van der Waals surface area (Å²) < 4.78 is 1.48. The maximum atomic E-state index is 12.0. The van der Waals surface area contributed by atoms with E-state index in [-0.39, 0.29) is 24.3 Å². The summed E-state index contributed by atoms with van der Waals surface area (Å²) in [5.41, 5.74) is 6.42. The molecule has 130 valence electrons. The van der Waals surface area contributed by atoms with Crippen LogP contribution in [-0.4, -0.2) is 59.7 Å². The Labute approximate surface area is 137 Å². The molecular weight excluding hydrogens is 296 g/mol. The van der Waals surface area contributed by atoms with Crippen molar-refractivity contribution in [2.75, 3.05) is 32.5 Å². The van der Waals surface area contributed by atoms with Crippen LogP contribution in [0, 0.1) is 5.92 Å². The van der Waals surface area contributed by atoms with Crippen LogP contribution in [0.4, 0.5) is 5.69 Å². The van der Waals surface area contributed by atoms with E-state index in [2.05, 4.69) is 15.7 Å². The number of nitrogens with one attached hydrogen (secondary N) is 2. The van der Waals surface area contributed by atoms with Gasteiger partial charge < -0.3 is 21.3 Å². The van der Waals surface area contributed by atoms with Gasteiger partial charge in [-0.1, -0.05) is 20.3 Å². The number of anilines is 1. The van der Waals surface area contributed by atoms with Gasteiger partial charge in [0.1, 0.15) is 6.54 Å². The minimum atomic E-state index is -0.558. The van der Waals surface area contributed by atoms with Crippen LogP contribution in [0.2, 0.25) is 0 Å². The molecule has 0 aromatic carbocycles. The molecule has 1 rings (SSSR count). The van der Waals surface area contributed by atoms with Crippen LogP contribution >= 0.6 is 0 Å². The van der Waals surface area contributed by atoms with Gasteiger partial charge in [-0.05, 0) is 20.0 Å². The lowest BCUT2D eigenvalue weighted by Crippen LogP contribution is -2.40. The first-order chi connectivity index (χ1) is 10.8. The summed E-state index contributed by atoms with van der Waals surface area (Å²) in [5.74, 6) is -0.258. The van der Waals surface area contributed by atoms with Crippen molar-refractivity contribution in [3.05, 3.63) is 12.4 Å². The van der Waals surface area contributed by atoms with E-state index in [0.717, 1.165) is 13.0 Å². The maximum Gasteiger partial charge on any atom is 0.241 e. The van der Waals surface area contributed by atoms with Crippen molar-refractivity contribution in [1.82, 2.24) is 20.0 Å². The van der Waals surface area contributed by atoms with Crippen molar-refractivity contribution in [1.29, 1.82) is 0 Å². The number of amides is 2. The second-order valence-corrected chi connectivity index (χ2v) is 5.98. The van der Waals surface area contributed by atoms with Gasteiger partial charge in [0, 0.05) is 19.3 Å². The first-order valence-corrected chi connectivity index (χ1v) is 7.83. The Bertz CT molecular complexity index is 514. The van der Waals surface area contributed by atoms with E-state index in [1.165, 1.54) is 10.9 Å². The van der Waals surface area contributed by atoms with Gasteiger partial charge in [-0.3, -0.25) is 14.3 Å². The summed E-state index contributed by atoms with van der Waals surface area (Å²) >= 11 is 0. The van der Waals surface area contributed by atoms with Gasteiger partial charge >= 0.3 is 0 Å². The average Bonchev–Trinajstić information content (AvgIpc) is 2.91. The van der Waals surface area contributed by atoms with E-state index < -0.39 is 6.04 Å². The fraction of sp³-hybridized carbons (Fsp3) is 0.667. The highest BCUT2D eigenvalue weighted by atomic mass is 16.2. The molecular formula is C15H28N6O2. The van der Waals surface area contributed by atoms with E-state index in [1.807, 2.05) is 32.8 Å². The fourth-order valence-corrected chi connectivity index (χ4v) is 1.87. The molecule has 0 bridgehead atoms. The number of nitrogens with two attached hydrogens (primary N) is 1. The molecule has 0 saturated carbocycles. The summed E-state index contributed by atoms with van der Waals surface area (Å²) in [6, 6.07) is -0.558. The van der Waals surface area contributed by atoms with E-state index in [4.69, 9.17) is 5.73 Å². The van der Waals surface area contributed by atoms with Gasteiger partial charge in [0.15, 0.2) is 0 Å². The van der Waals surface area contributed by atoms with Gasteiger partial charge in [-0.2, -0.15) is 5.10 Å². The standard InChI is InChI=1S/C15H28N6O2/c1-5-11(2)14(16)15(23)19-12-8-18-21(9-12)10-13(22)17-6-7-20(3)4/h8-9,11,14H,5-7,10,16H2,1-4H3,(H,17,22)(H,19,23). The second kappa shape index (κ2) is 9.26. The van der Waals surface area contributed by atoms with E-state index in [0.29, 0.717) is 12.2 Å². The molecule has 0 spiro atoms. The molecule has 1 aromatic heterocycles. The molecule has 0 saturated heterocycles. The molecule has 2 unspecified atom stereocenters. The number of carbonyl (C=O) groups excluding carboxylic acids is 2. The minimum Gasteiger partial charge on any atom is -0.353 e. The van der Waals surface area contributed by atoms with Crippen LogP contribution in [0.5, 0.6) is 0 Å². The Morgan fingerprint density at radius 2 is 2.13 bits per heavy atom. The molecule has 0 aliphatic heterocycles. The molecule has 4 N–H and O–H groups in total. The molecule has 1 heterocycles. The summed E-state index contributed by atoms with van der Waals surface area (Å²) in [6.45, 7) is 5.40. The highest BCUT2D eigenvalue weighted by molar-refractivity contribution is 5.94. The highest BCUT2D eigenvalue weighted by Gasteiger charge is 2.19. The lowest BCUT2D eigenvalue weighted by Gasteiger charge is -2.16. The molecule has 8 heteroatoms. The SMILES string of the molecule is CCC(C)C(N)C(=O)Nc1cnn(CC(=O)NCCN(C)C)c1. The van der Waals surface area contributed by atoms with Crippen LogP contribution < -0.4 is 16.4 Å². The van der Waals surface area contributed by atoms with E-state index >= 15 is 0 Å². The zero-order valence-corrected chi connectivity index (χ0v) is 14.4. The largest absolute Gasteiger partial charge is 0.353 e. The number of hydrogen-bond donors (Lipinski definition) is 3. The molecule has 2 amide bonds. The van der Waals surface area contributed by atoms with Crippen LogP contribution in [0.3, 0.4) is 0 Å². The smallest absolute Gasteiger partial charge is 0.241 e. The quantitative estimate of drug-likeness (QED) is 0.587. The maximum absolute atomic E-state index is 12.0. The molecule has 0 aliphatic carbocycles. The molecule has 0 radical (unpaired) electrons. The van der Waals surface area contributed by atoms with Gasteiger partial charge in [-0.15, -0.1) is 0 Å². The zero-order chi connectivity index (χ0) is 17.4. The number of aromatic nitrogens is 2. The molecule has 0 fully saturated rings. The molecule has 1 aromatic rings. The van der Waals surface area contributed by atoms with Crippen LogP contribution in [0.1, 0.15) is 20.3 Å². The van der Waals surface area contributed by atoms with Crippen LogP contribution in [-0.2, 0) is 16.1 Å². The molecule has 2 atom stereocenters. The monoisotopic (exact) mass is 324 g/mol. The van der Waals surface area contributed by atoms with Gasteiger partial charge in [0.25, 0.3) is 0 Å². The number of nitrogens with zero attached hydrogens (tertiary/aromatic N) is 3. The van der Waals surface area contributed by atoms with E-state index in [9.17, 15) is 9.59 Å². The van der Waals surface area contributed by atoms with Crippen molar-refractivity contribution >= 4 is 17.5 Å². The van der Waals surface area contributed by atoms with Crippen molar-refractivity contribution in [3.63, 3.8) is 0 Å². The van der Waals surface area contributed by atoms with E-state index in [1.54, 1.807) is 6.20 Å². The predicted octanol–water partition coefficient (Wildman–Crippen LogP) is -0.127. The van der Waals surface area contributed by atoms with Crippen molar-refractivity contribution in [2.45, 2.75) is 32.9 Å². The van der Waals surface area contributed by atoms with Crippen LogP contribution in [0.25, 0.3) is 0 Å². The molecule has 8 nitrogen and oxygen atoms in total. The third-order valence-electron chi connectivity index (χ3n) is 3.65. The summed E-state index contributed by atoms with van der Waals surface area (Å²) in [4.78, 5) is 25.7. The fourth-order valence-electron chi connectivity index (χ4n) is 1.87. The Morgan fingerprint density at radius 3 is 2.74 bits per heavy atom. The van der Waals surface area contributed by atoms with Gasteiger partial charge in [0.2, 0.25) is 11.8 Å². The Kier molecular flexibility index (Phi) is 7.70. The second-order valence-electron chi connectivity index (χ2n) is 5.98. The third-order valence-corrected chi connectivity index (χ3v) is 3.65. The summed E-state index contributed by atoms with van der Waals surface area (Å²) in [5, 5.41) is 9.59. The van der Waals surface area contributed by atoms with Crippen LogP contribution in [0.15, 0.2) is 12.4 Å². The topological polar surface area (TPSA) is 105 Å². The number of rotatable bonds is 9. The average molecular weight is 324 g/mol. The number of likely N-dealkylation sites (N-methyl/N-ethyl adjacent to an activating group) is 1. The third kappa shape index (κ3) is 6.79. The summed E-state index contributed by atoms with van der Waals surface area (Å²) in [7, 11) is 3.89. The minimum absolute atomic E-state index is 0.104. The van der Waals surface area contributed by atoms with Gasteiger partial charge in [0.05, 0.1) is 17.9 Å². The zero-order valence-electron chi connectivity index (χ0n) is 14.4. The lowest BCUT2D eigenvalue weighted by molar-refractivity contribution is -0.122. The first kappa shape index (κ1) is 19.1. The Morgan fingerprint density at radius 1 is 1.43 bits per heavy atom. The predicted molar refractivity (Wildman–Crippen MR) is 89.9 cm³/mol. The number of hydrogen-bond acceptors (Lipinski definition) is 5. The molecule has 0 aliphatic rings. The van der Waals surface area contributed by atoms with Crippen molar-refractivity contribution < 1.29 is 9.59 Å². The highest BCUT2D eigenvalue weighted by Crippen LogP contribution is 2.10. The van der Waals surface area contributed by atoms with Crippen molar-refractivity contribution in [3.8, 4) is 0 Å². The Balaban J connectivity index is 2.45. The van der Waals surface area contributed by atoms with Crippen molar-refractivity contribution in [2.24, 2.45) is 11.7 Å². The lowest BCUT2D eigenvalue weighted by atomic mass is 9.99. The van der Waals surface area contributed by atoms with Gasteiger partial charge in [-0.25, -0.2) is 0 Å². The summed E-state index contributed by atoms with van der Waals surface area (Å²) in [6.07, 6.45) is 3.96. The molecule has 23 heavy (non-hydrogen) atoms. The number of carbonyl (C=O) groups is 2. The first-order valence-electron chi connectivity index (χ1n) is 7.83.